The molecular formula is C16H32N4O2. The first-order valence-corrected chi connectivity index (χ1v) is 8.45. The number of carbonyl (C=O) groups excluding carboxylic acids is 2. The van der Waals surface area contributed by atoms with Crippen LogP contribution in [0.3, 0.4) is 0 Å². The van der Waals surface area contributed by atoms with Crippen LogP contribution < -0.4 is 11.1 Å². The molecule has 0 spiro atoms. The zero-order valence-electron chi connectivity index (χ0n) is 14.5. The number of hydrogen-bond acceptors (Lipinski definition) is 4. The highest BCUT2D eigenvalue weighted by Gasteiger charge is 2.28. The Morgan fingerprint density at radius 1 is 1.09 bits per heavy atom. The molecule has 3 atom stereocenters. The van der Waals surface area contributed by atoms with E-state index >= 15 is 0 Å². The van der Waals surface area contributed by atoms with Crippen LogP contribution in [0.4, 0.5) is 0 Å². The molecule has 22 heavy (non-hydrogen) atoms. The molecule has 6 nitrogen and oxygen atoms in total. The summed E-state index contributed by atoms with van der Waals surface area (Å²) in [5.74, 6) is 0.301. The fourth-order valence-electron chi connectivity index (χ4n) is 2.46. The van der Waals surface area contributed by atoms with Crippen molar-refractivity contribution in [3.05, 3.63) is 0 Å². The Kier molecular flexibility index (Phi) is 7.82. The van der Waals surface area contributed by atoms with Gasteiger partial charge in [-0.05, 0) is 19.3 Å². The third-order valence-corrected chi connectivity index (χ3v) is 4.61. The van der Waals surface area contributed by atoms with Crippen LogP contribution in [0, 0.1) is 5.92 Å². The van der Waals surface area contributed by atoms with E-state index in [9.17, 15) is 9.59 Å². The summed E-state index contributed by atoms with van der Waals surface area (Å²) in [5.41, 5.74) is 6.02. The summed E-state index contributed by atoms with van der Waals surface area (Å²) in [6.07, 6.45) is 1.84. The summed E-state index contributed by atoms with van der Waals surface area (Å²) >= 11 is 0. The van der Waals surface area contributed by atoms with Crippen LogP contribution in [0.1, 0.15) is 40.5 Å². The van der Waals surface area contributed by atoms with Crippen LogP contribution in [-0.2, 0) is 9.59 Å². The van der Waals surface area contributed by atoms with E-state index in [0.29, 0.717) is 19.6 Å². The van der Waals surface area contributed by atoms with Gasteiger partial charge in [0.1, 0.15) is 0 Å². The highest BCUT2D eigenvalue weighted by Crippen LogP contribution is 2.10. The van der Waals surface area contributed by atoms with Gasteiger partial charge in [-0.15, -0.1) is 0 Å². The average molecular weight is 312 g/mol. The van der Waals surface area contributed by atoms with Crippen LogP contribution in [0.15, 0.2) is 0 Å². The monoisotopic (exact) mass is 312 g/mol. The zero-order chi connectivity index (χ0) is 16.7. The fourth-order valence-corrected chi connectivity index (χ4v) is 2.46. The molecule has 1 rings (SSSR count). The van der Waals surface area contributed by atoms with Gasteiger partial charge in [0.15, 0.2) is 0 Å². The van der Waals surface area contributed by atoms with Crippen LogP contribution in [-0.4, -0.2) is 66.4 Å². The third kappa shape index (κ3) is 5.57. The lowest BCUT2D eigenvalue weighted by atomic mass is 9.98. The minimum Gasteiger partial charge on any atom is -0.353 e. The zero-order valence-corrected chi connectivity index (χ0v) is 14.5. The van der Waals surface area contributed by atoms with Gasteiger partial charge in [-0.25, -0.2) is 0 Å². The van der Waals surface area contributed by atoms with E-state index in [2.05, 4.69) is 17.1 Å². The highest BCUT2D eigenvalue weighted by molar-refractivity contribution is 5.82. The molecule has 0 radical (unpaired) electrons. The van der Waals surface area contributed by atoms with Crippen LogP contribution in [0.5, 0.6) is 0 Å². The highest BCUT2D eigenvalue weighted by atomic mass is 16.2. The van der Waals surface area contributed by atoms with Gasteiger partial charge in [-0.3, -0.25) is 14.5 Å². The Hall–Kier alpha value is -1.14. The third-order valence-electron chi connectivity index (χ3n) is 4.61. The number of nitrogens with two attached hydrogens (primary N) is 1. The lowest BCUT2D eigenvalue weighted by Gasteiger charge is -2.36. The summed E-state index contributed by atoms with van der Waals surface area (Å²) in [6, 6.07) is -0.200. The molecule has 0 bridgehead atoms. The van der Waals surface area contributed by atoms with Crippen molar-refractivity contribution in [2.75, 3.05) is 32.7 Å². The van der Waals surface area contributed by atoms with Crippen molar-refractivity contribution in [2.24, 2.45) is 11.7 Å². The smallest absolute Gasteiger partial charge is 0.239 e. The van der Waals surface area contributed by atoms with Crippen LogP contribution in [0.2, 0.25) is 0 Å². The summed E-state index contributed by atoms with van der Waals surface area (Å²) in [7, 11) is 0. The molecule has 0 aromatic carbocycles. The minimum atomic E-state index is -0.412. The Morgan fingerprint density at radius 3 is 2.18 bits per heavy atom. The topological polar surface area (TPSA) is 78.7 Å². The maximum atomic E-state index is 12.3. The summed E-state index contributed by atoms with van der Waals surface area (Å²) in [4.78, 5) is 28.1. The second kappa shape index (κ2) is 9.10. The predicted octanol–water partition coefficient (Wildman–Crippen LogP) is 0.419. The second-order valence-corrected chi connectivity index (χ2v) is 6.39. The number of rotatable bonds is 7. The van der Waals surface area contributed by atoms with Gasteiger partial charge < -0.3 is 16.0 Å². The Labute approximate surface area is 134 Å². The molecule has 3 unspecified atom stereocenters. The van der Waals surface area contributed by atoms with Gasteiger partial charge in [0.25, 0.3) is 0 Å². The van der Waals surface area contributed by atoms with E-state index in [-0.39, 0.29) is 23.8 Å². The minimum absolute atomic E-state index is 0.0399. The standard InChI is InChI=1S/C16H32N4O2/c1-5-12(3)15(17)16(22)20-9-7-19(8-10-20)11-14(21)18-13(4)6-2/h12-13,15H,5-11,17H2,1-4H3,(H,18,21). The number of nitrogens with zero attached hydrogens (tertiary/aromatic N) is 2. The van der Waals surface area contributed by atoms with E-state index < -0.39 is 6.04 Å². The van der Waals surface area contributed by atoms with Crippen molar-refractivity contribution in [1.82, 2.24) is 15.1 Å². The molecule has 0 aromatic rings. The molecule has 1 heterocycles. The van der Waals surface area contributed by atoms with Gasteiger partial charge in [0, 0.05) is 32.2 Å². The van der Waals surface area contributed by atoms with Crippen molar-refractivity contribution in [1.29, 1.82) is 0 Å². The molecule has 6 heteroatoms. The van der Waals surface area contributed by atoms with Crippen molar-refractivity contribution in [3.8, 4) is 0 Å². The Balaban J connectivity index is 2.37. The van der Waals surface area contributed by atoms with Crippen molar-refractivity contribution < 1.29 is 9.59 Å². The van der Waals surface area contributed by atoms with E-state index in [1.807, 2.05) is 25.7 Å². The number of nitrogens with one attached hydrogen (secondary N) is 1. The summed E-state index contributed by atoms with van der Waals surface area (Å²) < 4.78 is 0. The maximum Gasteiger partial charge on any atom is 0.239 e. The quantitative estimate of drug-likeness (QED) is 0.714. The normalized spacial score (nSPS) is 20.3. The number of hydrogen-bond donors (Lipinski definition) is 2. The van der Waals surface area contributed by atoms with E-state index in [0.717, 1.165) is 25.9 Å². The first kappa shape index (κ1) is 18.9. The molecule has 0 aliphatic carbocycles. The largest absolute Gasteiger partial charge is 0.353 e. The van der Waals surface area contributed by atoms with Gasteiger partial charge >= 0.3 is 0 Å². The molecule has 1 aliphatic rings. The molecular weight excluding hydrogens is 280 g/mol. The van der Waals surface area contributed by atoms with Crippen LogP contribution in [0.25, 0.3) is 0 Å². The van der Waals surface area contributed by atoms with E-state index in [4.69, 9.17) is 5.73 Å². The van der Waals surface area contributed by atoms with Crippen molar-refractivity contribution in [2.45, 2.75) is 52.6 Å². The molecule has 0 aromatic heterocycles. The van der Waals surface area contributed by atoms with E-state index in [1.54, 1.807) is 0 Å². The molecule has 3 N–H and O–H groups in total. The lowest BCUT2D eigenvalue weighted by Crippen LogP contribution is -2.55. The van der Waals surface area contributed by atoms with Crippen LogP contribution >= 0.6 is 0 Å². The first-order chi connectivity index (χ1) is 10.4. The average Bonchev–Trinajstić information content (AvgIpc) is 2.53. The van der Waals surface area contributed by atoms with Gasteiger partial charge in [-0.1, -0.05) is 27.2 Å². The van der Waals surface area contributed by atoms with Gasteiger partial charge in [0.2, 0.25) is 11.8 Å². The molecule has 0 saturated carbocycles. The SMILES string of the molecule is CCC(C)NC(=O)CN1CCN(C(=O)C(N)C(C)CC)CC1. The van der Waals surface area contributed by atoms with Crippen molar-refractivity contribution >= 4 is 11.8 Å². The van der Waals surface area contributed by atoms with Crippen molar-refractivity contribution in [3.63, 3.8) is 0 Å². The molecule has 1 aliphatic heterocycles. The predicted molar refractivity (Wildman–Crippen MR) is 88.3 cm³/mol. The number of piperazine rings is 1. The second-order valence-electron chi connectivity index (χ2n) is 6.39. The molecule has 1 saturated heterocycles. The lowest BCUT2D eigenvalue weighted by molar-refractivity contribution is -0.135. The maximum absolute atomic E-state index is 12.3. The van der Waals surface area contributed by atoms with Gasteiger partial charge in [-0.2, -0.15) is 0 Å². The first-order valence-electron chi connectivity index (χ1n) is 8.45. The van der Waals surface area contributed by atoms with E-state index in [1.165, 1.54) is 0 Å². The summed E-state index contributed by atoms with van der Waals surface area (Å²) in [5, 5.41) is 2.97. The molecule has 128 valence electrons. The Morgan fingerprint density at radius 2 is 1.68 bits per heavy atom. The van der Waals surface area contributed by atoms with Gasteiger partial charge in [0.05, 0.1) is 12.6 Å². The molecule has 2 amide bonds. The molecule has 1 fully saturated rings. The Bertz CT molecular complexity index is 367. The number of amides is 2. The summed E-state index contributed by atoms with van der Waals surface area (Å²) in [6.45, 7) is 11.3. The fraction of sp³-hybridized carbons (Fsp3) is 0.875. The number of carbonyl (C=O) groups is 2.